The fraction of sp³-hybridized carbons (Fsp3) is 0.692. The number of amides is 2. The fourth-order valence-corrected chi connectivity index (χ4v) is 6.73. The van der Waals surface area contributed by atoms with Gasteiger partial charge in [0, 0.05) is 23.0 Å². The molecule has 2 amide bonds. The van der Waals surface area contributed by atoms with E-state index in [0.717, 1.165) is 37.7 Å². The lowest BCUT2D eigenvalue weighted by molar-refractivity contribution is -0.140. The highest BCUT2D eigenvalue weighted by Crippen LogP contribution is 2.55. The van der Waals surface area contributed by atoms with Crippen LogP contribution in [0, 0.1) is 30.6 Å². The zero-order valence-corrected chi connectivity index (χ0v) is 20.7. The number of carbonyl (C=O) groups excluding carboxylic acids is 2. The number of ether oxygens (including phenoxy) is 1. The van der Waals surface area contributed by atoms with Gasteiger partial charge < -0.3 is 15.4 Å². The Balaban J connectivity index is 1.42. The van der Waals surface area contributed by atoms with Gasteiger partial charge in [-0.25, -0.2) is 0 Å². The first-order valence-electron chi connectivity index (χ1n) is 12.0. The van der Waals surface area contributed by atoms with Crippen LogP contribution in [0.25, 0.3) is 0 Å². The molecule has 4 saturated carbocycles. The highest BCUT2D eigenvalue weighted by atomic mass is 35.5. The average molecular weight is 461 g/mol. The maximum atomic E-state index is 13.3. The number of hydrogen-bond acceptors (Lipinski definition) is 3. The first-order valence-corrected chi connectivity index (χ1v) is 12.4. The summed E-state index contributed by atoms with van der Waals surface area (Å²) in [5.74, 6) is 2.61. The number of rotatable bonds is 7. The number of aryl methyl sites for hydroxylation is 1. The van der Waals surface area contributed by atoms with Crippen LogP contribution in [0.3, 0.4) is 0 Å². The van der Waals surface area contributed by atoms with Crippen LogP contribution in [-0.4, -0.2) is 29.0 Å². The Kier molecular flexibility index (Phi) is 6.26. The zero-order chi connectivity index (χ0) is 23.3. The molecule has 5 rings (SSSR count). The van der Waals surface area contributed by atoms with E-state index in [4.69, 9.17) is 16.3 Å². The summed E-state index contributed by atoms with van der Waals surface area (Å²) >= 11 is 6.06. The predicted octanol–water partition coefficient (Wildman–Crippen LogP) is 5.03. The maximum Gasteiger partial charge on any atom is 0.263 e. The molecule has 1 aromatic rings. The molecule has 5 nitrogen and oxygen atoms in total. The largest absolute Gasteiger partial charge is 0.478 e. The van der Waals surface area contributed by atoms with Crippen LogP contribution in [-0.2, 0) is 9.59 Å². The van der Waals surface area contributed by atoms with Crippen molar-refractivity contribution in [3.63, 3.8) is 0 Å². The molecule has 1 aromatic carbocycles. The van der Waals surface area contributed by atoms with Crippen molar-refractivity contribution in [1.82, 2.24) is 10.6 Å². The molecule has 4 aliphatic carbocycles. The first kappa shape index (κ1) is 23.4. The topological polar surface area (TPSA) is 67.4 Å². The summed E-state index contributed by atoms with van der Waals surface area (Å²) in [6, 6.07) is 5.60. The number of halogens is 1. The molecule has 0 saturated heterocycles. The predicted molar refractivity (Wildman–Crippen MR) is 127 cm³/mol. The van der Waals surface area contributed by atoms with Gasteiger partial charge >= 0.3 is 0 Å². The van der Waals surface area contributed by atoms with Crippen molar-refractivity contribution in [1.29, 1.82) is 0 Å². The first-order chi connectivity index (χ1) is 15.0. The number of nitrogens with one attached hydrogen (secondary N) is 2. The van der Waals surface area contributed by atoms with Crippen molar-refractivity contribution in [3.8, 4) is 5.75 Å². The van der Waals surface area contributed by atoms with Gasteiger partial charge in [0.2, 0.25) is 5.91 Å². The van der Waals surface area contributed by atoms with Crippen molar-refractivity contribution < 1.29 is 14.3 Å². The molecule has 32 heavy (non-hydrogen) atoms. The second-order valence-corrected chi connectivity index (χ2v) is 11.9. The standard InChI is InChI=1S/C26H37ClN2O3/c1-15(2)8-22(30)29-26-12-17-10-18(13-26)23(19(11-17)14-26)28-24(31)25(4,5)32-21-7-6-20(27)9-16(21)3/h6-7,9,15,17-19,23H,8,10-14H2,1-5H3,(H,28,31)(H,29,30)/t17?,18-,19+,23?,26?. The summed E-state index contributed by atoms with van der Waals surface area (Å²) in [4.78, 5) is 25.8. The minimum atomic E-state index is -0.990. The molecular formula is C26H37ClN2O3. The van der Waals surface area contributed by atoms with Gasteiger partial charge in [0.1, 0.15) is 5.75 Å². The van der Waals surface area contributed by atoms with Gasteiger partial charge in [0.25, 0.3) is 5.91 Å². The third-order valence-corrected chi connectivity index (χ3v) is 7.85. The summed E-state index contributed by atoms with van der Waals surface area (Å²) in [5.41, 5.74) is -0.154. The van der Waals surface area contributed by atoms with Crippen LogP contribution >= 0.6 is 11.6 Å². The average Bonchev–Trinajstić information content (AvgIpc) is 2.65. The third kappa shape index (κ3) is 4.78. The summed E-state index contributed by atoms with van der Waals surface area (Å²) < 4.78 is 6.12. The smallest absolute Gasteiger partial charge is 0.263 e. The molecule has 3 unspecified atom stereocenters. The van der Waals surface area contributed by atoms with Gasteiger partial charge in [0.05, 0.1) is 0 Å². The Morgan fingerprint density at radius 3 is 2.44 bits per heavy atom. The molecule has 4 aliphatic rings. The summed E-state index contributed by atoms with van der Waals surface area (Å²) in [7, 11) is 0. The van der Waals surface area contributed by atoms with E-state index in [1.54, 1.807) is 6.07 Å². The molecule has 0 aromatic heterocycles. The molecule has 2 N–H and O–H groups in total. The van der Waals surface area contributed by atoms with Crippen LogP contribution in [0.1, 0.15) is 71.8 Å². The third-order valence-electron chi connectivity index (χ3n) is 7.62. The van der Waals surface area contributed by atoms with Gasteiger partial charge in [-0.2, -0.15) is 0 Å². The van der Waals surface area contributed by atoms with Crippen LogP contribution in [0.15, 0.2) is 18.2 Å². The number of carbonyl (C=O) groups is 2. The number of hydrogen-bond donors (Lipinski definition) is 2. The van der Waals surface area contributed by atoms with E-state index in [9.17, 15) is 9.59 Å². The minimum Gasteiger partial charge on any atom is -0.478 e. The molecule has 0 aliphatic heterocycles. The van der Waals surface area contributed by atoms with Crippen molar-refractivity contribution in [2.24, 2.45) is 23.7 Å². The Morgan fingerprint density at radius 1 is 1.19 bits per heavy atom. The molecule has 4 bridgehead atoms. The van der Waals surface area contributed by atoms with Gasteiger partial charge in [0.15, 0.2) is 5.60 Å². The van der Waals surface area contributed by atoms with E-state index in [0.29, 0.717) is 40.9 Å². The summed E-state index contributed by atoms with van der Waals surface area (Å²) in [6.45, 7) is 9.74. The fourth-order valence-electron chi connectivity index (χ4n) is 6.50. The van der Waals surface area contributed by atoms with Gasteiger partial charge in [-0.3, -0.25) is 9.59 Å². The molecule has 4 fully saturated rings. The van der Waals surface area contributed by atoms with E-state index < -0.39 is 5.60 Å². The lowest BCUT2D eigenvalue weighted by atomic mass is 9.51. The Bertz CT molecular complexity index is 881. The monoisotopic (exact) mass is 460 g/mol. The molecule has 5 atom stereocenters. The molecule has 0 spiro atoms. The van der Waals surface area contributed by atoms with E-state index >= 15 is 0 Å². The second-order valence-electron chi connectivity index (χ2n) is 11.4. The molecular weight excluding hydrogens is 424 g/mol. The SMILES string of the molecule is Cc1cc(Cl)ccc1OC(C)(C)C(=O)NC1[C@@H]2CC3C[C@H]1CC(NC(=O)CC(C)C)(C3)C2. The van der Waals surface area contributed by atoms with Gasteiger partial charge in [-0.1, -0.05) is 25.4 Å². The lowest BCUT2D eigenvalue weighted by Gasteiger charge is -2.60. The highest BCUT2D eigenvalue weighted by molar-refractivity contribution is 6.30. The van der Waals surface area contributed by atoms with Crippen molar-refractivity contribution in [3.05, 3.63) is 28.8 Å². The van der Waals surface area contributed by atoms with Crippen LogP contribution in [0.5, 0.6) is 5.75 Å². The summed E-state index contributed by atoms with van der Waals surface area (Å²) in [5, 5.41) is 7.42. The van der Waals surface area contributed by atoms with E-state index in [2.05, 4.69) is 24.5 Å². The highest BCUT2D eigenvalue weighted by Gasteiger charge is 2.56. The quantitative estimate of drug-likeness (QED) is 0.599. The normalized spacial score (nSPS) is 31.0. The van der Waals surface area contributed by atoms with Crippen molar-refractivity contribution in [2.75, 3.05) is 0 Å². The van der Waals surface area contributed by atoms with Gasteiger partial charge in [-0.15, -0.1) is 0 Å². The summed E-state index contributed by atoms with van der Waals surface area (Å²) in [6.07, 6.45) is 5.88. The Labute approximate surface area is 197 Å². The van der Waals surface area contributed by atoms with Crippen molar-refractivity contribution in [2.45, 2.75) is 90.3 Å². The minimum absolute atomic E-state index is 0.0733. The maximum absolute atomic E-state index is 13.3. The molecule has 0 heterocycles. The number of benzene rings is 1. The zero-order valence-electron chi connectivity index (χ0n) is 20.0. The molecule has 0 radical (unpaired) electrons. The van der Waals surface area contributed by atoms with E-state index in [1.165, 1.54) is 0 Å². The van der Waals surface area contributed by atoms with E-state index in [1.807, 2.05) is 32.9 Å². The second kappa shape index (κ2) is 8.55. The Hall–Kier alpha value is -1.75. The van der Waals surface area contributed by atoms with E-state index in [-0.39, 0.29) is 23.4 Å². The molecule has 176 valence electrons. The van der Waals surface area contributed by atoms with Crippen LogP contribution in [0.2, 0.25) is 5.02 Å². The van der Waals surface area contributed by atoms with Gasteiger partial charge in [-0.05, 0) is 100 Å². The lowest BCUT2D eigenvalue weighted by Crippen LogP contribution is -2.67. The van der Waals surface area contributed by atoms with Crippen LogP contribution < -0.4 is 15.4 Å². The van der Waals surface area contributed by atoms with Crippen molar-refractivity contribution >= 4 is 23.4 Å². The molecule has 6 heteroatoms. The Morgan fingerprint density at radius 2 is 1.84 bits per heavy atom. The van der Waals surface area contributed by atoms with Crippen LogP contribution in [0.4, 0.5) is 0 Å².